The SMILES string of the molecule is O=C1N(Cc2ccccc2)CCCC12CCCN2. The van der Waals surface area contributed by atoms with E-state index in [9.17, 15) is 4.79 Å². The molecule has 2 fully saturated rings. The minimum absolute atomic E-state index is 0.229. The van der Waals surface area contributed by atoms with Gasteiger partial charge >= 0.3 is 0 Å². The van der Waals surface area contributed by atoms with E-state index >= 15 is 0 Å². The number of benzene rings is 1. The molecule has 1 spiro atoms. The molecule has 1 atom stereocenters. The van der Waals surface area contributed by atoms with Crippen LogP contribution in [0.15, 0.2) is 30.3 Å². The van der Waals surface area contributed by atoms with E-state index in [-0.39, 0.29) is 5.54 Å². The molecule has 2 saturated heterocycles. The summed E-state index contributed by atoms with van der Waals surface area (Å²) in [6, 6.07) is 10.3. The molecule has 3 rings (SSSR count). The summed E-state index contributed by atoms with van der Waals surface area (Å²) in [5.74, 6) is 0.315. The van der Waals surface area contributed by atoms with Crippen LogP contribution in [0.5, 0.6) is 0 Å². The zero-order valence-electron chi connectivity index (χ0n) is 10.7. The second-order valence-corrected chi connectivity index (χ2v) is 5.43. The Hall–Kier alpha value is -1.35. The second-order valence-electron chi connectivity index (χ2n) is 5.43. The molecule has 1 N–H and O–H groups in total. The first-order valence-corrected chi connectivity index (χ1v) is 6.89. The Morgan fingerprint density at radius 3 is 2.67 bits per heavy atom. The summed E-state index contributed by atoms with van der Waals surface area (Å²) >= 11 is 0. The topological polar surface area (TPSA) is 32.3 Å². The number of carbonyl (C=O) groups is 1. The first kappa shape index (κ1) is 11.7. The molecule has 0 aromatic heterocycles. The Morgan fingerprint density at radius 1 is 1.17 bits per heavy atom. The average molecular weight is 244 g/mol. The first-order valence-electron chi connectivity index (χ1n) is 6.89. The molecule has 0 bridgehead atoms. The van der Waals surface area contributed by atoms with Crippen LogP contribution in [0.3, 0.4) is 0 Å². The molecule has 0 aliphatic carbocycles. The number of hydrogen-bond acceptors (Lipinski definition) is 2. The van der Waals surface area contributed by atoms with E-state index in [2.05, 4.69) is 17.4 Å². The van der Waals surface area contributed by atoms with Crippen LogP contribution >= 0.6 is 0 Å². The van der Waals surface area contributed by atoms with Crippen LogP contribution in [-0.4, -0.2) is 29.4 Å². The Bertz CT molecular complexity index is 423. The van der Waals surface area contributed by atoms with Crippen LogP contribution in [0.1, 0.15) is 31.2 Å². The van der Waals surface area contributed by atoms with Crippen LogP contribution in [0.25, 0.3) is 0 Å². The standard InChI is InChI=1S/C15H20N2O/c18-14-15(8-4-10-16-15)9-5-11-17(14)12-13-6-2-1-3-7-13/h1-3,6-7,16H,4-5,8-12H2. The molecular formula is C15H20N2O. The van der Waals surface area contributed by atoms with E-state index in [0.29, 0.717) is 5.91 Å². The van der Waals surface area contributed by atoms with E-state index in [4.69, 9.17) is 0 Å². The van der Waals surface area contributed by atoms with Gasteiger partial charge in [-0.25, -0.2) is 0 Å². The fourth-order valence-corrected chi connectivity index (χ4v) is 3.24. The maximum Gasteiger partial charge on any atom is 0.243 e. The van der Waals surface area contributed by atoms with Crippen molar-refractivity contribution < 1.29 is 4.79 Å². The van der Waals surface area contributed by atoms with Crippen molar-refractivity contribution in [2.24, 2.45) is 0 Å². The van der Waals surface area contributed by atoms with Crippen LogP contribution in [-0.2, 0) is 11.3 Å². The van der Waals surface area contributed by atoms with Crippen molar-refractivity contribution in [3.63, 3.8) is 0 Å². The van der Waals surface area contributed by atoms with Crippen LogP contribution in [0, 0.1) is 0 Å². The molecule has 1 unspecified atom stereocenters. The van der Waals surface area contributed by atoms with Gasteiger partial charge in [0, 0.05) is 13.1 Å². The maximum absolute atomic E-state index is 12.6. The lowest BCUT2D eigenvalue weighted by Crippen LogP contribution is -2.58. The zero-order chi connectivity index (χ0) is 12.4. The van der Waals surface area contributed by atoms with E-state index in [1.165, 1.54) is 5.56 Å². The van der Waals surface area contributed by atoms with E-state index in [1.807, 2.05) is 23.1 Å². The summed E-state index contributed by atoms with van der Waals surface area (Å²) in [6.07, 6.45) is 4.27. The molecular weight excluding hydrogens is 224 g/mol. The van der Waals surface area contributed by atoms with Gasteiger partial charge in [0.05, 0.1) is 5.54 Å². The number of piperidine rings is 1. The van der Waals surface area contributed by atoms with Crippen molar-refractivity contribution in [1.82, 2.24) is 10.2 Å². The number of amides is 1. The lowest BCUT2D eigenvalue weighted by atomic mass is 9.86. The Morgan fingerprint density at radius 2 is 1.94 bits per heavy atom. The van der Waals surface area contributed by atoms with Gasteiger partial charge in [-0.3, -0.25) is 4.79 Å². The minimum atomic E-state index is -0.229. The number of nitrogens with zero attached hydrogens (tertiary/aromatic N) is 1. The van der Waals surface area contributed by atoms with Crippen molar-refractivity contribution in [2.45, 2.75) is 37.8 Å². The van der Waals surface area contributed by atoms with Crippen LogP contribution in [0.4, 0.5) is 0 Å². The van der Waals surface area contributed by atoms with Crippen molar-refractivity contribution in [3.05, 3.63) is 35.9 Å². The molecule has 0 saturated carbocycles. The number of likely N-dealkylation sites (tertiary alicyclic amines) is 1. The fraction of sp³-hybridized carbons (Fsp3) is 0.533. The molecule has 2 heterocycles. The molecule has 2 aliphatic rings. The molecule has 2 aliphatic heterocycles. The van der Waals surface area contributed by atoms with Gasteiger partial charge in [-0.15, -0.1) is 0 Å². The normalized spacial score (nSPS) is 28.0. The molecule has 1 aromatic rings. The Labute approximate surface area is 108 Å². The van der Waals surface area contributed by atoms with Crippen molar-refractivity contribution >= 4 is 5.91 Å². The Kier molecular flexibility index (Phi) is 3.08. The van der Waals surface area contributed by atoms with Crippen molar-refractivity contribution in [2.75, 3.05) is 13.1 Å². The number of rotatable bonds is 2. The molecule has 0 radical (unpaired) electrons. The highest BCUT2D eigenvalue weighted by Gasteiger charge is 2.45. The molecule has 1 aromatic carbocycles. The second kappa shape index (κ2) is 4.73. The quantitative estimate of drug-likeness (QED) is 0.862. The van der Waals surface area contributed by atoms with Crippen molar-refractivity contribution in [3.8, 4) is 0 Å². The highest BCUT2D eigenvalue weighted by atomic mass is 16.2. The summed E-state index contributed by atoms with van der Waals surface area (Å²) in [5.41, 5.74) is 0.994. The van der Waals surface area contributed by atoms with Gasteiger partial charge in [-0.2, -0.15) is 0 Å². The van der Waals surface area contributed by atoms with Gasteiger partial charge in [0.2, 0.25) is 5.91 Å². The lowest BCUT2D eigenvalue weighted by Gasteiger charge is -2.39. The predicted octanol–water partition coefficient (Wildman–Crippen LogP) is 1.93. The lowest BCUT2D eigenvalue weighted by molar-refractivity contribution is -0.141. The Balaban J connectivity index is 1.75. The third kappa shape index (κ3) is 2.03. The maximum atomic E-state index is 12.6. The number of nitrogens with one attached hydrogen (secondary N) is 1. The van der Waals surface area contributed by atoms with Gasteiger partial charge in [-0.05, 0) is 37.8 Å². The summed E-state index contributed by atoms with van der Waals surface area (Å²) < 4.78 is 0. The zero-order valence-corrected chi connectivity index (χ0v) is 10.7. The molecule has 18 heavy (non-hydrogen) atoms. The molecule has 96 valence electrons. The van der Waals surface area contributed by atoms with Gasteiger partial charge in [0.25, 0.3) is 0 Å². The molecule has 1 amide bonds. The highest BCUT2D eigenvalue weighted by Crippen LogP contribution is 2.31. The minimum Gasteiger partial charge on any atom is -0.337 e. The van der Waals surface area contributed by atoms with Gasteiger partial charge < -0.3 is 10.2 Å². The molecule has 3 heteroatoms. The van der Waals surface area contributed by atoms with Gasteiger partial charge in [0.1, 0.15) is 0 Å². The van der Waals surface area contributed by atoms with E-state index in [1.54, 1.807) is 0 Å². The largest absolute Gasteiger partial charge is 0.337 e. The summed E-state index contributed by atoms with van der Waals surface area (Å²) in [5, 5.41) is 3.45. The predicted molar refractivity (Wildman–Crippen MR) is 71.1 cm³/mol. The van der Waals surface area contributed by atoms with Crippen molar-refractivity contribution in [1.29, 1.82) is 0 Å². The fourth-order valence-electron chi connectivity index (χ4n) is 3.24. The summed E-state index contributed by atoms with van der Waals surface area (Å²) in [6.45, 7) is 2.64. The van der Waals surface area contributed by atoms with Gasteiger partial charge in [0.15, 0.2) is 0 Å². The molecule has 3 nitrogen and oxygen atoms in total. The summed E-state index contributed by atoms with van der Waals surface area (Å²) in [7, 11) is 0. The van der Waals surface area contributed by atoms with Crippen LogP contribution in [0.2, 0.25) is 0 Å². The third-order valence-corrected chi connectivity index (χ3v) is 4.19. The first-order chi connectivity index (χ1) is 8.80. The van der Waals surface area contributed by atoms with E-state index < -0.39 is 0 Å². The highest BCUT2D eigenvalue weighted by molar-refractivity contribution is 5.87. The number of carbonyl (C=O) groups excluding carboxylic acids is 1. The third-order valence-electron chi connectivity index (χ3n) is 4.19. The monoisotopic (exact) mass is 244 g/mol. The van der Waals surface area contributed by atoms with E-state index in [0.717, 1.165) is 45.3 Å². The summed E-state index contributed by atoms with van der Waals surface area (Å²) in [4.78, 5) is 14.6. The smallest absolute Gasteiger partial charge is 0.243 e. The average Bonchev–Trinajstić information content (AvgIpc) is 2.86. The van der Waals surface area contributed by atoms with Gasteiger partial charge in [-0.1, -0.05) is 30.3 Å². The van der Waals surface area contributed by atoms with Crippen LogP contribution < -0.4 is 5.32 Å². The number of hydrogen-bond donors (Lipinski definition) is 1.